The van der Waals surface area contributed by atoms with Gasteiger partial charge in [0.25, 0.3) is 0 Å². The van der Waals surface area contributed by atoms with Gasteiger partial charge >= 0.3 is 7.60 Å². The second-order valence-corrected chi connectivity index (χ2v) is 18.3. The number of rotatable bonds is 15. The van der Waals surface area contributed by atoms with E-state index in [1.54, 1.807) is 0 Å². The Balaban J connectivity index is 0.000000192. The minimum atomic E-state index is -2.97. The van der Waals surface area contributed by atoms with E-state index < -0.39 is 7.60 Å². The minimum absolute atomic E-state index is 0. The van der Waals surface area contributed by atoms with Crippen molar-refractivity contribution in [2.75, 3.05) is 23.0 Å². The molecule has 0 bridgehead atoms. The van der Waals surface area contributed by atoms with Crippen LogP contribution in [0.5, 0.6) is 0 Å². The summed E-state index contributed by atoms with van der Waals surface area (Å²) in [6.07, 6.45) is 5.46. The first-order chi connectivity index (χ1) is 31.8. The molecule has 0 saturated heterocycles. The Kier molecular flexibility index (Phi) is 21.3. The fourth-order valence-corrected chi connectivity index (χ4v) is 8.97. The van der Waals surface area contributed by atoms with Gasteiger partial charge in [-0.1, -0.05) is 153 Å². The number of para-hydroxylation sites is 4. The molecule has 0 heterocycles. The zero-order chi connectivity index (χ0) is 45.7. The number of hydrogen-bond donors (Lipinski definition) is 0. The summed E-state index contributed by atoms with van der Waals surface area (Å²) in [4.78, 5) is 15.2. The van der Waals surface area contributed by atoms with Crippen LogP contribution in [0.4, 0.5) is 34.1 Å². The first-order valence-corrected chi connectivity index (χ1v) is 24.6. The molecule has 0 spiro atoms. The van der Waals surface area contributed by atoms with Crippen molar-refractivity contribution in [3.63, 3.8) is 0 Å². The van der Waals surface area contributed by atoms with Gasteiger partial charge in [0.15, 0.2) is 0 Å². The van der Waals surface area contributed by atoms with Crippen molar-refractivity contribution in [3.8, 4) is 0 Å². The summed E-state index contributed by atoms with van der Waals surface area (Å²) in [6.45, 7) is 4.42. The summed E-state index contributed by atoms with van der Waals surface area (Å²) in [5, 5.41) is 0. The van der Waals surface area contributed by atoms with Gasteiger partial charge in [-0.3, -0.25) is 9.36 Å². The molecule has 0 unspecified atom stereocenters. The molecule has 0 fully saturated rings. The Labute approximate surface area is 423 Å². The van der Waals surface area contributed by atoms with E-state index in [-0.39, 0.29) is 24.0 Å². The first kappa shape index (κ1) is 51.6. The lowest BCUT2D eigenvalue weighted by atomic mass is 10.1. The molecule has 8 aromatic carbocycles. The van der Waals surface area contributed by atoms with Crippen molar-refractivity contribution in [1.82, 2.24) is 0 Å². The fraction of sp³-hybridized carbons (Fsp3) is 0.0893. The van der Waals surface area contributed by atoms with E-state index >= 15 is 0 Å². The van der Waals surface area contributed by atoms with E-state index in [0.29, 0.717) is 24.9 Å². The zero-order valence-corrected chi connectivity index (χ0v) is 43.0. The average molecular weight is 1130 g/mol. The third-order valence-corrected chi connectivity index (χ3v) is 12.9. The summed E-state index contributed by atoms with van der Waals surface area (Å²) in [5.74, 6) is 0. The normalized spacial score (nSPS) is 10.7. The maximum absolute atomic E-state index is 12.2. The van der Waals surface area contributed by atoms with E-state index in [1.165, 1.54) is 11.1 Å². The Morgan fingerprint density at radius 3 is 1.03 bits per heavy atom. The monoisotopic (exact) mass is 1130 g/mol. The van der Waals surface area contributed by atoms with E-state index in [9.17, 15) is 9.36 Å². The molecule has 0 aliphatic carbocycles. The van der Waals surface area contributed by atoms with E-state index in [0.717, 1.165) is 54.9 Å². The minimum Gasteiger partial charge on any atom is -1.00 e. The van der Waals surface area contributed by atoms with Crippen LogP contribution in [0.1, 0.15) is 40.9 Å². The second-order valence-electron chi connectivity index (χ2n) is 14.4. The van der Waals surface area contributed by atoms with Crippen LogP contribution in [0.15, 0.2) is 227 Å². The maximum atomic E-state index is 12.2. The fourth-order valence-electron chi connectivity index (χ4n) is 6.74. The third kappa shape index (κ3) is 15.9. The highest BCUT2D eigenvalue weighted by Crippen LogP contribution is 2.51. The molecule has 0 saturated carbocycles. The summed E-state index contributed by atoms with van der Waals surface area (Å²) < 4.78 is 24.8. The molecule has 0 N–H and O–H groups in total. The van der Waals surface area contributed by atoms with Crippen LogP contribution < -0.4 is 33.8 Å². The van der Waals surface area contributed by atoms with E-state index in [2.05, 4.69) is 175 Å². The molecule has 0 radical (unpaired) electrons. The number of nitrogens with zero attached hydrogens (tertiary/aromatic N) is 2. The molecule has 10 heteroatoms. The summed E-state index contributed by atoms with van der Waals surface area (Å²) >= 11 is 6.83. The van der Waals surface area contributed by atoms with Crippen LogP contribution in [0.25, 0.3) is 12.2 Å². The molecule has 8 rings (SSSR count). The number of aldehydes is 1. The molecule has 0 atom stereocenters. The highest BCUT2D eigenvalue weighted by molar-refractivity contribution is 9.10. The molecule has 66 heavy (non-hydrogen) atoms. The van der Waals surface area contributed by atoms with Crippen molar-refractivity contribution >= 4 is 92.0 Å². The van der Waals surface area contributed by atoms with Gasteiger partial charge in [0.05, 0.1) is 19.4 Å². The van der Waals surface area contributed by atoms with Crippen LogP contribution in [-0.4, -0.2) is 19.5 Å². The van der Waals surface area contributed by atoms with Crippen LogP contribution in [0, 0.1) is 0 Å². The third-order valence-electron chi connectivity index (χ3n) is 9.78. The van der Waals surface area contributed by atoms with Crippen LogP contribution in [0.2, 0.25) is 0 Å². The summed E-state index contributed by atoms with van der Waals surface area (Å²) in [6, 6.07) is 73.5. The van der Waals surface area contributed by atoms with Gasteiger partial charge in [0.1, 0.15) is 6.29 Å². The number of benzene rings is 8. The van der Waals surface area contributed by atoms with Crippen LogP contribution in [0.3, 0.4) is 0 Å². The lowest BCUT2D eigenvalue weighted by Gasteiger charge is -2.25. The van der Waals surface area contributed by atoms with Crippen molar-refractivity contribution in [2.45, 2.75) is 20.0 Å². The molecule has 0 aromatic heterocycles. The largest absolute Gasteiger partial charge is 1.00 e. The van der Waals surface area contributed by atoms with E-state index in [4.69, 9.17) is 9.05 Å². The number of anilines is 6. The van der Waals surface area contributed by atoms with Crippen molar-refractivity contribution < 1.29 is 42.4 Å². The number of carbonyl (C=O) groups is 1. The zero-order valence-electron chi connectivity index (χ0n) is 36.7. The maximum Gasteiger partial charge on any atom is 0.335 e. The predicted molar refractivity (Wildman–Crippen MR) is 279 cm³/mol. The van der Waals surface area contributed by atoms with Crippen LogP contribution in [-0.2, 0) is 19.8 Å². The highest BCUT2D eigenvalue weighted by Gasteiger charge is 2.23. The lowest BCUT2D eigenvalue weighted by molar-refractivity contribution is -0.0000237. The van der Waals surface area contributed by atoms with Crippen molar-refractivity contribution in [3.05, 3.63) is 250 Å². The Hall–Kier alpha value is -5.39. The SMILES string of the molecule is Brc1ccc(/C=C/c2ccc(N(c3ccccc3)c3ccccc3)cc2)cc1.CCOP(=O)(Cc1ccc(Br)cc1)OCC.O=Cc1ccc(N(c2ccccc2)c2ccccc2)cc1.[I-]. The molecule has 0 aliphatic rings. The van der Waals surface area contributed by atoms with Gasteiger partial charge in [0, 0.05) is 48.6 Å². The number of hydrogen-bond acceptors (Lipinski definition) is 6. The second kappa shape index (κ2) is 27.3. The summed E-state index contributed by atoms with van der Waals surface area (Å²) in [7, 11) is -2.97. The van der Waals surface area contributed by atoms with Crippen LogP contribution >= 0.6 is 39.5 Å². The van der Waals surface area contributed by atoms with Gasteiger partial charge in [-0.2, -0.15) is 0 Å². The molecule has 6 nitrogen and oxygen atoms in total. The molecule has 0 aliphatic heterocycles. The van der Waals surface area contributed by atoms with Gasteiger partial charge in [-0.25, -0.2) is 0 Å². The van der Waals surface area contributed by atoms with Crippen molar-refractivity contribution in [1.29, 1.82) is 0 Å². The molecule has 8 aromatic rings. The molecule has 336 valence electrons. The predicted octanol–water partition coefficient (Wildman–Crippen LogP) is 14.3. The van der Waals surface area contributed by atoms with Gasteiger partial charge < -0.3 is 42.8 Å². The number of halogens is 3. The van der Waals surface area contributed by atoms with Gasteiger partial charge in [-0.05, 0) is 140 Å². The molecular weight excluding hydrogens is 1080 g/mol. The van der Waals surface area contributed by atoms with E-state index in [1.807, 2.05) is 111 Å². The van der Waals surface area contributed by atoms with Gasteiger partial charge in [-0.15, -0.1) is 0 Å². The Morgan fingerprint density at radius 2 is 0.712 bits per heavy atom. The summed E-state index contributed by atoms with van der Waals surface area (Å²) in [5.41, 5.74) is 10.6. The molecule has 0 amide bonds. The standard InChI is InChI=1S/C26H20BrN.C19H15NO.C11H16BrO3P.HI/c27-23-17-13-21(14-18-23)11-12-22-15-19-26(20-16-22)28(24-7-3-1-4-8-24)25-9-5-2-6-10-25;21-15-16-11-13-19(14-12-16)20(17-7-3-1-4-8-17)18-9-5-2-6-10-18;1-3-14-16(13,15-4-2)9-10-5-7-11(12)8-6-10;/h1-20H;1-15H;5-8H,3-4,9H2,1-2H3;1H/p-1/b12-11+;;;. The lowest BCUT2D eigenvalue weighted by Crippen LogP contribution is -3.00. The molecular formula is C56H51Br2IN2O4P-. The quantitative estimate of drug-likeness (QED) is 0.0441. The van der Waals surface area contributed by atoms with Crippen molar-refractivity contribution in [2.24, 2.45) is 0 Å². The van der Waals surface area contributed by atoms with Gasteiger partial charge in [0.2, 0.25) is 0 Å². The first-order valence-electron chi connectivity index (χ1n) is 21.3. The highest BCUT2D eigenvalue weighted by atomic mass is 127. The Morgan fingerprint density at radius 1 is 0.424 bits per heavy atom. The topological polar surface area (TPSA) is 59.1 Å². The average Bonchev–Trinajstić information content (AvgIpc) is 3.35. The smallest absolute Gasteiger partial charge is 0.335 e. The number of carbonyl (C=O) groups excluding carboxylic acids is 1. The Bertz CT molecular complexity index is 2610.